The molecule has 0 saturated heterocycles. The van der Waals surface area contributed by atoms with Gasteiger partial charge in [0.15, 0.2) is 0 Å². The van der Waals surface area contributed by atoms with Gasteiger partial charge in [0.25, 0.3) is 5.82 Å². The lowest BCUT2D eigenvalue weighted by atomic mass is 10.3. The Hall–Kier alpha value is -2.12. The Morgan fingerprint density at radius 3 is 2.35 bits per heavy atom. The van der Waals surface area contributed by atoms with Crippen LogP contribution < -0.4 is 4.74 Å². The molecule has 5 nitrogen and oxygen atoms in total. The van der Waals surface area contributed by atoms with Crippen molar-refractivity contribution in [3.63, 3.8) is 0 Å². The molecule has 1 heterocycles. The molecule has 0 aliphatic rings. The molecule has 0 bridgehead atoms. The van der Waals surface area contributed by atoms with Crippen LogP contribution in [0.15, 0.2) is 24.3 Å². The smallest absolute Gasteiger partial charge is 0.453 e. The first kappa shape index (κ1) is 11.4. The molecule has 2 rings (SSSR count). The summed E-state index contributed by atoms with van der Waals surface area (Å²) in [6.07, 6.45) is -4.59. The van der Waals surface area contributed by atoms with E-state index < -0.39 is 12.0 Å². The molecule has 8 heteroatoms. The number of ether oxygens (including phenoxy) is 1. The maximum absolute atomic E-state index is 12.5. The van der Waals surface area contributed by atoms with Gasteiger partial charge in [0, 0.05) is 0 Å². The van der Waals surface area contributed by atoms with Crippen molar-refractivity contribution < 1.29 is 17.9 Å². The zero-order valence-corrected chi connectivity index (χ0v) is 8.64. The number of hydrogen-bond acceptors (Lipinski definition) is 4. The van der Waals surface area contributed by atoms with Crippen LogP contribution in [-0.4, -0.2) is 27.3 Å². The van der Waals surface area contributed by atoms with E-state index in [-0.39, 0.29) is 5.69 Å². The zero-order valence-electron chi connectivity index (χ0n) is 8.64. The largest absolute Gasteiger partial charge is 0.497 e. The van der Waals surface area contributed by atoms with Crippen molar-refractivity contribution >= 4 is 0 Å². The van der Waals surface area contributed by atoms with E-state index >= 15 is 0 Å². The second-order valence-corrected chi connectivity index (χ2v) is 3.11. The highest BCUT2D eigenvalue weighted by atomic mass is 19.4. The van der Waals surface area contributed by atoms with Crippen molar-refractivity contribution in [3.05, 3.63) is 30.1 Å². The van der Waals surface area contributed by atoms with E-state index in [1.807, 2.05) is 0 Å². The summed E-state index contributed by atoms with van der Waals surface area (Å²) < 4.78 is 43.1. The van der Waals surface area contributed by atoms with Crippen molar-refractivity contribution in [2.45, 2.75) is 6.18 Å². The fourth-order valence-electron chi connectivity index (χ4n) is 1.26. The molecule has 17 heavy (non-hydrogen) atoms. The minimum atomic E-state index is -4.59. The van der Waals surface area contributed by atoms with E-state index in [0.717, 1.165) is 0 Å². The highest BCUT2D eigenvalue weighted by molar-refractivity contribution is 5.37. The Morgan fingerprint density at radius 1 is 1.18 bits per heavy atom. The number of methoxy groups -OCH3 is 1. The quantitative estimate of drug-likeness (QED) is 0.806. The van der Waals surface area contributed by atoms with Gasteiger partial charge in [0.2, 0.25) is 0 Å². The molecule has 0 aliphatic carbocycles. The summed E-state index contributed by atoms with van der Waals surface area (Å²) in [6, 6.07) is 5.92. The molecule has 1 aromatic heterocycles. The van der Waals surface area contributed by atoms with E-state index in [2.05, 4.69) is 15.5 Å². The topological polar surface area (TPSA) is 52.8 Å². The standard InChI is InChI=1S/C9H7F3N4O/c1-17-7-4-2-6(3-5-7)16-8(9(10,11)12)13-14-15-16/h2-5H,1H3. The Balaban J connectivity index is 2.43. The van der Waals surface area contributed by atoms with E-state index in [0.29, 0.717) is 10.4 Å². The molecule has 0 fully saturated rings. The van der Waals surface area contributed by atoms with E-state index in [9.17, 15) is 13.2 Å². The van der Waals surface area contributed by atoms with Gasteiger partial charge >= 0.3 is 6.18 Å². The number of tetrazole rings is 1. The van der Waals surface area contributed by atoms with Crippen LogP contribution in [-0.2, 0) is 6.18 Å². The first-order valence-electron chi connectivity index (χ1n) is 4.52. The van der Waals surface area contributed by atoms with Crippen LogP contribution >= 0.6 is 0 Å². The summed E-state index contributed by atoms with van der Waals surface area (Å²) in [4.78, 5) is 0. The van der Waals surface area contributed by atoms with Gasteiger partial charge < -0.3 is 4.74 Å². The first-order chi connectivity index (χ1) is 8.02. The van der Waals surface area contributed by atoms with Crippen LogP contribution in [0.25, 0.3) is 5.69 Å². The lowest BCUT2D eigenvalue weighted by Gasteiger charge is -2.07. The van der Waals surface area contributed by atoms with Gasteiger partial charge in [0.05, 0.1) is 12.8 Å². The Labute approximate surface area is 93.8 Å². The molecular weight excluding hydrogens is 237 g/mol. The van der Waals surface area contributed by atoms with Crippen LogP contribution in [0.4, 0.5) is 13.2 Å². The highest BCUT2D eigenvalue weighted by Gasteiger charge is 2.38. The molecule has 1 aromatic carbocycles. The van der Waals surface area contributed by atoms with E-state index in [1.54, 1.807) is 0 Å². The predicted octanol–water partition coefficient (Wildman–Crippen LogP) is 1.69. The number of rotatable bonds is 2. The second kappa shape index (κ2) is 4.04. The summed E-state index contributed by atoms with van der Waals surface area (Å²) in [5.41, 5.74) is 0.211. The van der Waals surface area contributed by atoms with Crippen molar-refractivity contribution in [2.24, 2.45) is 0 Å². The molecule has 0 radical (unpaired) electrons. The van der Waals surface area contributed by atoms with Crippen LogP contribution in [0.5, 0.6) is 5.75 Å². The molecule has 0 aliphatic heterocycles. The summed E-state index contributed by atoms with van der Waals surface area (Å²) in [6.45, 7) is 0. The number of benzene rings is 1. The van der Waals surface area contributed by atoms with Crippen LogP contribution in [0, 0.1) is 0 Å². The summed E-state index contributed by atoms with van der Waals surface area (Å²) in [7, 11) is 1.47. The predicted molar refractivity (Wildman–Crippen MR) is 50.7 cm³/mol. The van der Waals surface area contributed by atoms with Gasteiger partial charge in [-0.05, 0) is 34.7 Å². The number of halogens is 3. The minimum Gasteiger partial charge on any atom is -0.497 e. The maximum Gasteiger partial charge on any atom is 0.453 e. The third-order valence-corrected chi connectivity index (χ3v) is 2.04. The Morgan fingerprint density at radius 2 is 1.82 bits per heavy atom. The normalized spacial score (nSPS) is 11.5. The number of alkyl halides is 3. The first-order valence-corrected chi connectivity index (χ1v) is 4.52. The second-order valence-electron chi connectivity index (χ2n) is 3.11. The van der Waals surface area contributed by atoms with Crippen molar-refractivity contribution in [2.75, 3.05) is 7.11 Å². The molecule has 0 atom stereocenters. The summed E-state index contributed by atoms with van der Waals surface area (Å²) in [5.74, 6) is -0.627. The molecule has 2 aromatic rings. The van der Waals surface area contributed by atoms with Crippen molar-refractivity contribution in [1.82, 2.24) is 20.2 Å². The molecule has 0 spiro atoms. The third-order valence-electron chi connectivity index (χ3n) is 2.04. The fraction of sp³-hybridized carbons (Fsp3) is 0.222. The monoisotopic (exact) mass is 244 g/mol. The van der Waals surface area contributed by atoms with E-state index in [1.165, 1.54) is 31.4 Å². The number of nitrogens with zero attached hydrogens (tertiary/aromatic N) is 4. The molecule has 0 unspecified atom stereocenters. The molecule has 90 valence electrons. The highest BCUT2D eigenvalue weighted by Crippen LogP contribution is 2.28. The van der Waals surface area contributed by atoms with Gasteiger partial charge in [-0.3, -0.25) is 0 Å². The summed E-state index contributed by atoms with van der Waals surface area (Å²) in [5, 5.41) is 9.27. The Kier molecular flexibility index (Phi) is 2.70. The molecular formula is C9H7F3N4O. The van der Waals surface area contributed by atoms with Gasteiger partial charge in [-0.15, -0.1) is 5.10 Å². The fourth-order valence-corrected chi connectivity index (χ4v) is 1.26. The van der Waals surface area contributed by atoms with Gasteiger partial charge in [-0.2, -0.15) is 17.9 Å². The van der Waals surface area contributed by atoms with Gasteiger partial charge in [-0.25, -0.2) is 0 Å². The zero-order chi connectivity index (χ0) is 12.5. The Bertz CT molecular complexity index is 506. The molecule has 0 N–H and O–H groups in total. The van der Waals surface area contributed by atoms with Crippen LogP contribution in [0.2, 0.25) is 0 Å². The maximum atomic E-state index is 12.5. The van der Waals surface area contributed by atoms with Gasteiger partial charge in [0.1, 0.15) is 5.75 Å². The van der Waals surface area contributed by atoms with Crippen molar-refractivity contribution in [1.29, 1.82) is 0 Å². The average molecular weight is 244 g/mol. The minimum absolute atomic E-state index is 0.211. The average Bonchev–Trinajstić information content (AvgIpc) is 2.78. The molecule has 0 saturated carbocycles. The SMILES string of the molecule is COc1ccc(-n2nnnc2C(F)(F)F)cc1. The lowest BCUT2D eigenvalue weighted by Crippen LogP contribution is -2.14. The third kappa shape index (κ3) is 2.19. The lowest BCUT2D eigenvalue weighted by molar-refractivity contribution is -0.146. The van der Waals surface area contributed by atoms with Crippen LogP contribution in [0.3, 0.4) is 0 Å². The molecule has 0 amide bonds. The summed E-state index contributed by atoms with van der Waals surface area (Å²) >= 11 is 0. The van der Waals surface area contributed by atoms with E-state index in [4.69, 9.17) is 4.74 Å². The van der Waals surface area contributed by atoms with Gasteiger partial charge in [-0.1, -0.05) is 0 Å². The van der Waals surface area contributed by atoms with Crippen molar-refractivity contribution in [3.8, 4) is 11.4 Å². The number of hydrogen-bond donors (Lipinski definition) is 0. The number of aromatic nitrogens is 4. The van der Waals surface area contributed by atoms with Crippen LogP contribution in [0.1, 0.15) is 5.82 Å².